The van der Waals surface area contributed by atoms with Gasteiger partial charge in [-0.15, -0.1) is 22.0 Å². The normalized spacial score (nSPS) is 26.9. The first-order chi connectivity index (χ1) is 12.0. The van der Waals surface area contributed by atoms with Gasteiger partial charge in [-0.2, -0.15) is 5.21 Å². The third-order valence-corrected chi connectivity index (χ3v) is 6.14. The van der Waals surface area contributed by atoms with Crippen molar-refractivity contribution in [3.8, 4) is 0 Å². The molecule has 0 aliphatic carbocycles. The van der Waals surface area contributed by atoms with Crippen LogP contribution in [0, 0.1) is 0 Å². The monoisotopic (exact) mass is 358 g/mol. The number of tetrazole rings is 1. The minimum atomic E-state index is -0.502. The van der Waals surface area contributed by atoms with Gasteiger partial charge in [0.25, 0.3) is 0 Å². The molecule has 0 spiro atoms. The molecule has 3 atom stereocenters. The van der Waals surface area contributed by atoms with E-state index in [4.69, 9.17) is 0 Å². The Balaban J connectivity index is 1.46. The first-order valence-corrected chi connectivity index (χ1v) is 8.92. The van der Waals surface area contributed by atoms with Gasteiger partial charge in [-0.25, -0.2) is 0 Å². The Morgan fingerprint density at radius 3 is 2.80 bits per heavy atom. The molecule has 1 aromatic heterocycles. The van der Waals surface area contributed by atoms with Crippen LogP contribution in [0.2, 0.25) is 0 Å². The average molecular weight is 358 g/mol. The van der Waals surface area contributed by atoms with Crippen LogP contribution in [0.1, 0.15) is 31.3 Å². The van der Waals surface area contributed by atoms with E-state index >= 15 is 0 Å². The Kier molecular flexibility index (Phi) is 3.75. The number of rotatable bonds is 4. The van der Waals surface area contributed by atoms with Crippen molar-refractivity contribution in [2.24, 2.45) is 0 Å². The number of hydrogen-bond acceptors (Lipinski definition) is 6. The minimum absolute atomic E-state index is 0.0979. The molecule has 8 nitrogen and oxygen atoms in total. The van der Waals surface area contributed by atoms with E-state index in [9.17, 15) is 9.59 Å². The van der Waals surface area contributed by atoms with Crippen LogP contribution in [-0.2, 0) is 16.0 Å². The van der Waals surface area contributed by atoms with E-state index in [1.165, 1.54) is 0 Å². The molecule has 9 heteroatoms. The Labute approximate surface area is 148 Å². The Hall–Kier alpha value is -2.42. The highest BCUT2D eigenvalue weighted by Gasteiger charge is 2.63. The topological polar surface area (TPSA) is 104 Å². The first kappa shape index (κ1) is 16.1. The first-order valence-electron chi connectivity index (χ1n) is 8.04. The molecule has 3 heterocycles. The number of carbonyl (C=O) groups is 2. The maximum absolute atomic E-state index is 12.6. The Bertz CT molecular complexity index is 794. The molecule has 2 fully saturated rings. The van der Waals surface area contributed by atoms with Crippen molar-refractivity contribution in [3.63, 3.8) is 0 Å². The van der Waals surface area contributed by atoms with Gasteiger partial charge >= 0.3 is 0 Å². The highest BCUT2D eigenvalue weighted by atomic mass is 32.2. The molecule has 1 aromatic carbocycles. The van der Waals surface area contributed by atoms with Crippen molar-refractivity contribution >= 4 is 23.6 Å². The van der Waals surface area contributed by atoms with Crippen molar-refractivity contribution in [1.82, 2.24) is 30.8 Å². The number of β-lactam (4-membered cyclic amide) rings is 1. The van der Waals surface area contributed by atoms with Crippen molar-refractivity contribution in [1.29, 1.82) is 0 Å². The summed E-state index contributed by atoms with van der Waals surface area (Å²) in [6, 6.07) is 8.73. The lowest BCUT2D eigenvalue weighted by Crippen LogP contribution is -2.68. The summed E-state index contributed by atoms with van der Waals surface area (Å²) in [7, 11) is 0. The zero-order chi connectivity index (χ0) is 17.6. The van der Waals surface area contributed by atoms with E-state index in [0.29, 0.717) is 5.82 Å². The number of aromatic amines is 1. The fourth-order valence-electron chi connectivity index (χ4n) is 3.46. The van der Waals surface area contributed by atoms with Gasteiger partial charge in [0.2, 0.25) is 11.8 Å². The van der Waals surface area contributed by atoms with Crippen LogP contribution >= 0.6 is 11.8 Å². The van der Waals surface area contributed by atoms with E-state index in [1.807, 2.05) is 44.2 Å². The zero-order valence-corrected chi connectivity index (χ0v) is 14.7. The molecule has 25 heavy (non-hydrogen) atoms. The Morgan fingerprint density at radius 1 is 1.36 bits per heavy atom. The summed E-state index contributed by atoms with van der Waals surface area (Å²) in [6.07, 6.45) is 0.264. The van der Waals surface area contributed by atoms with Crippen molar-refractivity contribution in [3.05, 3.63) is 41.7 Å². The molecule has 0 radical (unpaired) electrons. The molecule has 0 saturated carbocycles. The maximum atomic E-state index is 12.6. The summed E-state index contributed by atoms with van der Waals surface area (Å²) in [4.78, 5) is 26.7. The zero-order valence-electron chi connectivity index (χ0n) is 13.8. The molecule has 0 bridgehead atoms. The van der Waals surface area contributed by atoms with Crippen molar-refractivity contribution < 1.29 is 9.59 Å². The lowest BCUT2D eigenvalue weighted by atomic mass is 9.95. The van der Waals surface area contributed by atoms with E-state index in [1.54, 1.807) is 16.7 Å². The fraction of sp³-hybridized carbons (Fsp3) is 0.438. The van der Waals surface area contributed by atoms with E-state index in [0.717, 1.165) is 5.56 Å². The van der Waals surface area contributed by atoms with E-state index < -0.39 is 6.04 Å². The van der Waals surface area contributed by atoms with Crippen LogP contribution in [-0.4, -0.2) is 53.5 Å². The van der Waals surface area contributed by atoms with Crippen LogP contribution in [0.4, 0.5) is 0 Å². The average Bonchev–Trinajstić information content (AvgIpc) is 3.18. The van der Waals surface area contributed by atoms with Crippen LogP contribution in [0.25, 0.3) is 0 Å². The highest BCUT2D eigenvalue weighted by Crippen LogP contribution is 2.56. The summed E-state index contributed by atoms with van der Waals surface area (Å²) < 4.78 is -0.261. The van der Waals surface area contributed by atoms with Crippen LogP contribution in [0.3, 0.4) is 0 Å². The van der Waals surface area contributed by atoms with Gasteiger partial charge in [0.15, 0.2) is 5.82 Å². The fourth-order valence-corrected chi connectivity index (χ4v) is 5.09. The Morgan fingerprint density at radius 2 is 2.12 bits per heavy atom. The standard InChI is InChI=1S/C16H18N6O2S/c1-16(2)12(13-18-20-21-19-13)22-14(24)11(15(22)25-16)17-10(23)8-9-6-4-3-5-7-9/h3-7,11-12,15H,8H2,1-2H3,(H,17,23)(H,18,19,20,21)/t11?,12?,15-/m0/s1. The van der Waals surface area contributed by atoms with E-state index in [2.05, 4.69) is 25.9 Å². The quantitative estimate of drug-likeness (QED) is 0.778. The molecule has 2 aromatic rings. The van der Waals surface area contributed by atoms with Gasteiger partial charge in [-0.05, 0) is 19.4 Å². The number of thioether (sulfide) groups is 1. The summed E-state index contributed by atoms with van der Waals surface area (Å²) in [5.41, 5.74) is 0.924. The van der Waals surface area contributed by atoms with Gasteiger partial charge in [-0.1, -0.05) is 35.5 Å². The summed E-state index contributed by atoms with van der Waals surface area (Å²) in [5, 5.41) is 16.9. The van der Waals surface area contributed by atoms with Gasteiger partial charge in [0.05, 0.1) is 6.42 Å². The number of hydrogen-bond donors (Lipinski definition) is 2. The number of fused-ring (bicyclic) bond motifs is 1. The second-order valence-corrected chi connectivity index (χ2v) is 8.51. The number of amides is 2. The highest BCUT2D eigenvalue weighted by molar-refractivity contribution is 8.01. The predicted molar refractivity (Wildman–Crippen MR) is 91.3 cm³/mol. The van der Waals surface area contributed by atoms with Gasteiger partial charge in [-0.3, -0.25) is 9.59 Å². The second kappa shape index (κ2) is 5.83. The number of carbonyl (C=O) groups excluding carboxylic acids is 2. The van der Waals surface area contributed by atoms with Gasteiger partial charge in [0.1, 0.15) is 17.5 Å². The molecule has 130 valence electrons. The number of aromatic nitrogens is 4. The van der Waals surface area contributed by atoms with Crippen LogP contribution in [0.15, 0.2) is 30.3 Å². The summed E-state index contributed by atoms with van der Waals surface area (Å²) in [6.45, 7) is 4.10. The van der Waals surface area contributed by atoms with Crippen molar-refractivity contribution in [2.45, 2.75) is 42.5 Å². The third kappa shape index (κ3) is 2.68. The maximum Gasteiger partial charge on any atom is 0.249 e. The van der Waals surface area contributed by atoms with E-state index in [-0.39, 0.29) is 34.4 Å². The van der Waals surface area contributed by atoms with Gasteiger partial charge < -0.3 is 10.2 Å². The third-order valence-electron chi connectivity index (χ3n) is 4.57. The molecule has 4 rings (SSSR count). The largest absolute Gasteiger partial charge is 0.341 e. The summed E-state index contributed by atoms with van der Waals surface area (Å²) in [5.74, 6) is 0.257. The van der Waals surface area contributed by atoms with Crippen LogP contribution < -0.4 is 5.32 Å². The van der Waals surface area contributed by atoms with Crippen LogP contribution in [0.5, 0.6) is 0 Å². The summed E-state index contributed by atoms with van der Waals surface area (Å²) >= 11 is 1.65. The lowest BCUT2D eigenvalue weighted by molar-refractivity contribution is -0.151. The number of benzene rings is 1. The molecule has 2 aliphatic heterocycles. The molecule has 2 amide bonds. The van der Waals surface area contributed by atoms with Gasteiger partial charge in [0, 0.05) is 4.75 Å². The molecular formula is C16H18N6O2S. The molecule has 2 N–H and O–H groups in total. The molecular weight excluding hydrogens is 340 g/mol. The molecule has 2 unspecified atom stereocenters. The minimum Gasteiger partial charge on any atom is -0.341 e. The number of nitrogens with one attached hydrogen (secondary N) is 2. The number of H-pyrrole nitrogens is 1. The smallest absolute Gasteiger partial charge is 0.249 e. The molecule has 2 aliphatic rings. The lowest BCUT2D eigenvalue weighted by Gasteiger charge is -2.44. The second-order valence-electron chi connectivity index (χ2n) is 6.74. The predicted octanol–water partition coefficient (Wildman–Crippen LogP) is 0.662. The SMILES string of the molecule is CC1(C)S[C@H]2C(NC(=O)Cc3ccccc3)C(=O)N2C1c1nn[nH]n1. The van der Waals surface area contributed by atoms with Crippen molar-refractivity contribution in [2.75, 3.05) is 0 Å². The molecule has 2 saturated heterocycles. The number of nitrogens with zero attached hydrogens (tertiary/aromatic N) is 4.